The van der Waals surface area contributed by atoms with Crippen LogP contribution in [0.15, 0.2) is 12.1 Å². The number of hydrogen-bond donors (Lipinski definition) is 3. The number of hydrogen-bond acceptors (Lipinski definition) is 3. The van der Waals surface area contributed by atoms with Crippen LogP contribution in [0.1, 0.15) is 11.7 Å². The Hall–Kier alpha value is -0.840. The molecule has 72 valence electrons. The van der Waals surface area contributed by atoms with Gasteiger partial charge in [-0.3, -0.25) is 0 Å². The van der Waals surface area contributed by atoms with Crippen molar-refractivity contribution in [3.05, 3.63) is 28.5 Å². The van der Waals surface area contributed by atoms with E-state index in [1.807, 2.05) is 0 Å². The Morgan fingerprint density at radius 1 is 1.54 bits per heavy atom. The summed E-state index contributed by atoms with van der Waals surface area (Å²) in [5, 5.41) is 18.6. The quantitative estimate of drug-likeness (QED) is 0.679. The van der Waals surface area contributed by atoms with Gasteiger partial charge in [0.2, 0.25) is 0 Å². The third-order valence-electron chi connectivity index (χ3n) is 1.67. The third kappa shape index (κ3) is 1.91. The average molecular weight is 206 g/mol. The standard InChI is InChI=1S/C8H9ClFNO2/c9-4-1-2-5(10)8(13)7(4)6(12)3-11/h1-2,6,12-13H,3,11H2. The Labute approximate surface area is 79.6 Å². The molecule has 5 heteroatoms. The molecule has 0 aliphatic carbocycles. The molecule has 0 aliphatic heterocycles. The van der Waals surface area contributed by atoms with Crippen LogP contribution in [0.25, 0.3) is 0 Å². The van der Waals surface area contributed by atoms with Crippen LogP contribution < -0.4 is 5.73 Å². The summed E-state index contributed by atoms with van der Waals surface area (Å²) in [6, 6.07) is 2.27. The van der Waals surface area contributed by atoms with Gasteiger partial charge in [0.1, 0.15) is 0 Å². The number of aliphatic hydroxyl groups is 1. The SMILES string of the molecule is NCC(O)c1c(Cl)ccc(F)c1O. The zero-order valence-electron chi connectivity index (χ0n) is 6.67. The van der Waals surface area contributed by atoms with Gasteiger partial charge in [0.15, 0.2) is 11.6 Å². The van der Waals surface area contributed by atoms with Crippen molar-refractivity contribution in [3.63, 3.8) is 0 Å². The lowest BCUT2D eigenvalue weighted by Crippen LogP contribution is -2.12. The van der Waals surface area contributed by atoms with Crippen molar-refractivity contribution >= 4 is 11.6 Å². The topological polar surface area (TPSA) is 66.5 Å². The predicted octanol–water partition coefficient (Wildman–Crippen LogP) is 1.18. The van der Waals surface area contributed by atoms with Crippen molar-refractivity contribution < 1.29 is 14.6 Å². The van der Waals surface area contributed by atoms with E-state index in [1.54, 1.807) is 0 Å². The fourth-order valence-corrected chi connectivity index (χ4v) is 1.27. The maximum atomic E-state index is 12.8. The van der Waals surface area contributed by atoms with Crippen molar-refractivity contribution in [2.24, 2.45) is 5.73 Å². The van der Waals surface area contributed by atoms with E-state index in [4.69, 9.17) is 17.3 Å². The van der Waals surface area contributed by atoms with Gasteiger partial charge in [0, 0.05) is 12.1 Å². The molecular formula is C8H9ClFNO2. The normalized spacial score (nSPS) is 12.9. The molecule has 1 atom stereocenters. The lowest BCUT2D eigenvalue weighted by Gasteiger charge is -2.12. The Morgan fingerprint density at radius 2 is 2.15 bits per heavy atom. The van der Waals surface area contributed by atoms with Crippen molar-refractivity contribution in [2.45, 2.75) is 6.10 Å². The van der Waals surface area contributed by atoms with Gasteiger partial charge in [-0.1, -0.05) is 11.6 Å². The van der Waals surface area contributed by atoms with Crippen LogP contribution in [0.3, 0.4) is 0 Å². The second-order valence-corrected chi connectivity index (χ2v) is 2.95. The number of rotatable bonds is 2. The summed E-state index contributed by atoms with van der Waals surface area (Å²) in [6.07, 6.45) is -1.15. The average Bonchev–Trinajstić information content (AvgIpc) is 2.12. The number of halogens is 2. The van der Waals surface area contributed by atoms with Crippen molar-refractivity contribution in [1.82, 2.24) is 0 Å². The smallest absolute Gasteiger partial charge is 0.165 e. The first-order valence-corrected chi connectivity index (χ1v) is 4.00. The molecule has 0 saturated carbocycles. The summed E-state index contributed by atoms with van der Waals surface area (Å²) in [4.78, 5) is 0. The number of aromatic hydroxyl groups is 1. The van der Waals surface area contributed by atoms with E-state index in [0.717, 1.165) is 6.07 Å². The molecule has 3 nitrogen and oxygen atoms in total. The van der Waals surface area contributed by atoms with Gasteiger partial charge in [-0.15, -0.1) is 0 Å². The molecule has 0 amide bonds. The second-order valence-electron chi connectivity index (χ2n) is 2.54. The first kappa shape index (κ1) is 10.2. The highest BCUT2D eigenvalue weighted by atomic mass is 35.5. The van der Waals surface area contributed by atoms with Crippen molar-refractivity contribution in [2.75, 3.05) is 6.54 Å². The monoisotopic (exact) mass is 205 g/mol. The minimum Gasteiger partial charge on any atom is -0.505 e. The molecule has 1 rings (SSSR count). The summed E-state index contributed by atoms with van der Waals surface area (Å²) >= 11 is 5.63. The van der Waals surface area contributed by atoms with Crippen LogP contribution >= 0.6 is 11.6 Å². The molecule has 0 spiro atoms. The predicted molar refractivity (Wildman–Crippen MR) is 47.1 cm³/mol. The lowest BCUT2D eigenvalue weighted by atomic mass is 10.1. The number of aliphatic hydroxyl groups excluding tert-OH is 1. The highest BCUT2D eigenvalue weighted by molar-refractivity contribution is 6.31. The van der Waals surface area contributed by atoms with Crippen LogP contribution in [-0.2, 0) is 0 Å². The summed E-state index contributed by atoms with van der Waals surface area (Å²) in [6.45, 7) is -0.128. The van der Waals surface area contributed by atoms with Gasteiger partial charge in [-0.2, -0.15) is 0 Å². The molecule has 0 aliphatic rings. The summed E-state index contributed by atoms with van der Waals surface area (Å²) in [5.74, 6) is -1.47. The molecule has 13 heavy (non-hydrogen) atoms. The molecule has 0 saturated heterocycles. The van der Waals surface area contributed by atoms with Crippen molar-refractivity contribution in [1.29, 1.82) is 0 Å². The second kappa shape index (κ2) is 3.91. The summed E-state index contributed by atoms with van der Waals surface area (Å²) < 4.78 is 12.8. The maximum absolute atomic E-state index is 12.8. The van der Waals surface area contributed by atoms with E-state index >= 15 is 0 Å². The number of nitrogens with two attached hydrogens (primary N) is 1. The molecule has 1 aromatic carbocycles. The van der Waals surface area contributed by atoms with E-state index in [2.05, 4.69) is 0 Å². The maximum Gasteiger partial charge on any atom is 0.165 e. The largest absolute Gasteiger partial charge is 0.505 e. The number of phenols is 1. The number of phenolic OH excluding ortho intramolecular Hbond substituents is 1. The van der Waals surface area contributed by atoms with Crippen LogP contribution in [0, 0.1) is 5.82 Å². The van der Waals surface area contributed by atoms with Gasteiger partial charge in [0.25, 0.3) is 0 Å². The van der Waals surface area contributed by atoms with Crippen molar-refractivity contribution in [3.8, 4) is 5.75 Å². The lowest BCUT2D eigenvalue weighted by molar-refractivity contribution is 0.181. The molecule has 1 unspecified atom stereocenters. The van der Waals surface area contributed by atoms with E-state index in [9.17, 15) is 14.6 Å². The van der Waals surface area contributed by atoms with E-state index in [0.29, 0.717) is 0 Å². The molecule has 4 N–H and O–H groups in total. The number of benzene rings is 1. The van der Waals surface area contributed by atoms with Crippen LogP contribution in [0.4, 0.5) is 4.39 Å². The van der Waals surface area contributed by atoms with Gasteiger partial charge in [-0.25, -0.2) is 4.39 Å². The van der Waals surface area contributed by atoms with E-state index in [-0.39, 0.29) is 17.1 Å². The minimum absolute atomic E-state index is 0.0656. The first-order valence-electron chi connectivity index (χ1n) is 3.63. The fourth-order valence-electron chi connectivity index (χ4n) is 0.992. The molecule has 0 fully saturated rings. The highest BCUT2D eigenvalue weighted by Gasteiger charge is 2.17. The minimum atomic E-state index is -1.15. The Bertz CT molecular complexity index is 319. The molecule has 0 aromatic heterocycles. The highest BCUT2D eigenvalue weighted by Crippen LogP contribution is 2.32. The van der Waals surface area contributed by atoms with Gasteiger partial charge < -0.3 is 15.9 Å². The van der Waals surface area contributed by atoms with Gasteiger partial charge >= 0.3 is 0 Å². The fraction of sp³-hybridized carbons (Fsp3) is 0.250. The zero-order valence-corrected chi connectivity index (χ0v) is 7.42. The molecular weight excluding hydrogens is 197 g/mol. The third-order valence-corrected chi connectivity index (χ3v) is 2.00. The van der Waals surface area contributed by atoms with Gasteiger partial charge in [0.05, 0.1) is 11.1 Å². The van der Waals surface area contributed by atoms with Crippen LogP contribution in [-0.4, -0.2) is 16.8 Å². The Morgan fingerprint density at radius 3 is 2.69 bits per heavy atom. The van der Waals surface area contributed by atoms with Crippen LogP contribution in [0.2, 0.25) is 5.02 Å². The first-order chi connectivity index (χ1) is 6.07. The van der Waals surface area contributed by atoms with E-state index < -0.39 is 17.7 Å². The summed E-state index contributed by atoms with van der Waals surface area (Å²) in [5.41, 5.74) is 5.08. The molecule has 0 heterocycles. The molecule has 1 aromatic rings. The zero-order chi connectivity index (χ0) is 10.0. The molecule has 0 radical (unpaired) electrons. The van der Waals surface area contributed by atoms with Crippen LogP contribution in [0.5, 0.6) is 5.75 Å². The summed E-state index contributed by atoms with van der Waals surface area (Å²) in [7, 11) is 0. The van der Waals surface area contributed by atoms with E-state index in [1.165, 1.54) is 6.07 Å². The Kier molecular flexibility index (Phi) is 3.08. The van der Waals surface area contributed by atoms with Gasteiger partial charge in [-0.05, 0) is 12.1 Å². The molecule has 0 bridgehead atoms. The Balaban J connectivity index is 3.25.